The Labute approximate surface area is 256 Å². The topological polar surface area (TPSA) is 100 Å². The molecule has 8 N–H and O–H groups in total. The Kier molecular flexibility index (Phi) is 9.82. The Bertz CT molecular complexity index is 1550. The quantitative estimate of drug-likeness (QED) is 0.129. The summed E-state index contributed by atoms with van der Waals surface area (Å²) in [5.41, 5.74) is 3.83. The van der Waals surface area contributed by atoms with Crippen LogP contribution in [0.3, 0.4) is 0 Å². The first-order chi connectivity index (χ1) is 20.8. The Balaban J connectivity index is 1.42. The molecule has 2 bridgehead atoms. The molecule has 0 saturated carbocycles. The third-order valence-corrected chi connectivity index (χ3v) is 8.71. The molecule has 1 aromatic heterocycles. The monoisotopic (exact) mass is 606 g/mol. The minimum Gasteiger partial charge on any atom is -0.381 e. The highest BCUT2D eigenvalue weighted by molar-refractivity contribution is 6.46. The molecule has 222 valence electrons. The Morgan fingerprint density at radius 3 is 1.07 bits per heavy atom. The second-order valence-electron chi connectivity index (χ2n) is 10.7. The summed E-state index contributed by atoms with van der Waals surface area (Å²) in [4.78, 5) is 3.77. The number of benzene rings is 4. The summed E-state index contributed by atoms with van der Waals surface area (Å²) < 4.78 is 0. The normalized spacial score (nSPS) is 17.5. The summed E-state index contributed by atoms with van der Waals surface area (Å²) in [6, 6.07) is 16.8. The van der Waals surface area contributed by atoms with E-state index >= 15 is 0 Å². The zero-order chi connectivity index (χ0) is 28.7. The fourth-order valence-electron chi connectivity index (χ4n) is 5.90. The first kappa shape index (κ1) is 29.3. The number of halogens is 2. The van der Waals surface area contributed by atoms with Crippen LogP contribution in [0.15, 0.2) is 48.5 Å². The van der Waals surface area contributed by atoms with Crippen molar-refractivity contribution in [1.82, 2.24) is 31.6 Å². The highest BCUT2D eigenvalue weighted by atomic mass is 35.5. The summed E-state index contributed by atoms with van der Waals surface area (Å²) in [7, 11) is 0. The predicted molar refractivity (Wildman–Crippen MR) is 182 cm³/mol. The van der Waals surface area contributed by atoms with Crippen molar-refractivity contribution in [2.24, 2.45) is 0 Å². The van der Waals surface area contributed by atoms with E-state index in [9.17, 15) is 0 Å². The summed E-state index contributed by atoms with van der Waals surface area (Å²) in [6.45, 7) is 10.7. The molecule has 0 atom stereocenters. The van der Waals surface area contributed by atoms with Gasteiger partial charge in [-0.3, -0.25) is 0 Å². The molecule has 4 aromatic carbocycles. The average molecular weight is 608 g/mol. The summed E-state index contributed by atoms with van der Waals surface area (Å²) in [5.74, 6) is 0. The van der Waals surface area contributed by atoms with Gasteiger partial charge >= 0.3 is 0 Å². The van der Waals surface area contributed by atoms with Crippen LogP contribution in [0, 0.1) is 0 Å². The maximum atomic E-state index is 7.12. The predicted octanol–water partition coefficient (Wildman–Crippen LogP) is 4.72. The van der Waals surface area contributed by atoms with Gasteiger partial charge in [-0.05, 0) is 10.8 Å². The molecular weight excluding hydrogens is 567 g/mol. The third-order valence-electron chi connectivity index (χ3n) is 7.93. The summed E-state index contributed by atoms with van der Waals surface area (Å²) >= 11 is 14.2. The lowest BCUT2D eigenvalue weighted by molar-refractivity contribution is 0.560. The van der Waals surface area contributed by atoms with Crippen molar-refractivity contribution in [2.75, 3.05) is 89.2 Å². The third kappa shape index (κ3) is 6.12. The van der Waals surface area contributed by atoms with E-state index in [2.05, 4.69) is 78.6 Å². The molecule has 1 aliphatic rings. The van der Waals surface area contributed by atoms with Gasteiger partial charge in [-0.2, -0.15) is 0 Å². The van der Waals surface area contributed by atoms with Crippen molar-refractivity contribution in [3.05, 3.63) is 58.6 Å². The highest BCUT2D eigenvalue weighted by Gasteiger charge is 2.22. The summed E-state index contributed by atoms with van der Waals surface area (Å²) in [6.07, 6.45) is 0. The number of aromatic nitrogens is 1. The van der Waals surface area contributed by atoms with Gasteiger partial charge in [0, 0.05) is 100 Å². The molecule has 0 amide bonds. The van der Waals surface area contributed by atoms with Crippen LogP contribution in [-0.4, -0.2) is 83.5 Å². The van der Waals surface area contributed by atoms with Crippen LogP contribution in [0.1, 0.15) is 0 Å². The van der Waals surface area contributed by atoms with Gasteiger partial charge in [0.15, 0.2) is 0 Å². The van der Waals surface area contributed by atoms with E-state index in [1.807, 2.05) is 12.1 Å². The first-order valence-electron chi connectivity index (χ1n) is 15.0. The molecule has 0 fully saturated rings. The Morgan fingerprint density at radius 2 is 0.714 bits per heavy atom. The van der Waals surface area contributed by atoms with Gasteiger partial charge < -0.3 is 42.2 Å². The Hall–Kier alpha value is -2.82. The molecule has 0 spiro atoms. The highest BCUT2D eigenvalue weighted by Crippen LogP contribution is 2.48. The van der Waals surface area contributed by atoms with Crippen LogP contribution in [0.5, 0.6) is 0 Å². The van der Waals surface area contributed by atoms with Crippen molar-refractivity contribution in [1.29, 1.82) is 0 Å². The lowest BCUT2D eigenvalue weighted by Gasteiger charge is -2.14. The molecule has 8 nitrogen and oxygen atoms in total. The lowest BCUT2D eigenvalue weighted by Crippen LogP contribution is -2.37. The van der Waals surface area contributed by atoms with E-state index in [1.54, 1.807) is 0 Å². The van der Waals surface area contributed by atoms with E-state index in [0.29, 0.717) is 0 Å². The zero-order valence-electron chi connectivity index (χ0n) is 23.9. The molecule has 42 heavy (non-hydrogen) atoms. The SMILES string of the molecule is Clc1c2c3[nH]c4c(c(Cl)c5ccccc5c4c3c3ccccc13)NCCNCCNCCNCCNCCNCCN2. The van der Waals surface area contributed by atoms with Crippen molar-refractivity contribution < 1.29 is 0 Å². The Morgan fingerprint density at radius 1 is 0.405 bits per heavy atom. The van der Waals surface area contributed by atoms with Crippen molar-refractivity contribution >= 4 is 77.9 Å². The largest absolute Gasteiger partial charge is 0.381 e. The van der Waals surface area contributed by atoms with E-state index < -0.39 is 0 Å². The number of nitrogens with one attached hydrogen (secondary N) is 8. The fourth-order valence-corrected chi connectivity index (χ4v) is 6.56. The number of anilines is 2. The van der Waals surface area contributed by atoms with Gasteiger partial charge in [-0.25, -0.2) is 0 Å². The van der Waals surface area contributed by atoms with Gasteiger partial charge in [0.05, 0.1) is 32.5 Å². The second kappa shape index (κ2) is 14.1. The van der Waals surface area contributed by atoms with Crippen LogP contribution in [-0.2, 0) is 0 Å². The molecule has 0 unspecified atom stereocenters. The van der Waals surface area contributed by atoms with E-state index in [4.69, 9.17) is 23.2 Å². The van der Waals surface area contributed by atoms with Gasteiger partial charge in [-0.15, -0.1) is 0 Å². The standard InChI is InChI=1S/C32H40Cl2N8/c33-27-23-7-3-1-5-21(23)25-26-22-6-2-4-8-24(22)28(34)32-30(26)42-29(25)31(27)40-19-17-38-15-13-36-11-9-35-10-12-37-14-16-39-18-20-41-32/h1-8,35-42H,9-20H2. The molecule has 1 aliphatic heterocycles. The molecule has 0 radical (unpaired) electrons. The van der Waals surface area contributed by atoms with Crippen LogP contribution >= 0.6 is 23.2 Å². The molecule has 5 aromatic rings. The molecular formula is C32H40Cl2N8. The molecule has 0 aliphatic carbocycles. The van der Waals surface area contributed by atoms with Gasteiger partial charge in [-0.1, -0.05) is 71.7 Å². The maximum absolute atomic E-state index is 7.12. The smallest absolute Gasteiger partial charge is 0.0782 e. The molecule has 10 heteroatoms. The average Bonchev–Trinajstić information content (AvgIpc) is 3.41. The van der Waals surface area contributed by atoms with E-state index in [-0.39, 0.29) is 0 Å². The van der Waals surface area contributed by atoms with Crippen molar-refractivity contribution in [3.8, 4) is 0 Å². The van der Waals surface area contributed by atoms with E-state index in [0.717, 1.165) is 143 Å². The van der Waals surface area contributed by atoms with Crippen LogP contribution in [0.2, 0.25) is 10.0 Å². The number of aromatic amines is 1. The molecule has 2 heterocycles. The minimum atomic E-state index is 0.725. The number of fused-ring (bicyclic) bond motifs is 5. The minimum absolute atomic E-state index is 0.725. The van der Waals surface area contributed by atoms with Gasteiger partial charge in [0.25, 0.3) is 0 Å². The molecule has 0 saturated heterocycles. The van der Waals surface area contributed by atoms with Crippen LogP contribution in [0.4, 0.5) is 11.4 Å². The first-order valence-corrected chi connectivity index (χ1v) is 15.8. The van der Waals surface area contributed by atoms with Crippen molar-refractivity contribution in [2.45, 2.75) is 0 Å². The van der Waals surface area contributed by atoms with Crippen LogP contribution in [0.25, 0.3) is 43.4 Å². The van der Waals surface area contributed by atoms with Crippen LogP contribution < -0.4 is 37.2 Å². The fraction of sp³-hybridized carbons (Fsp3) is 0.375. The van der Waals surface area contributed by atoms with Crippen molar-refractivity contribution in [3.63, 3.8) is 0 Å². The van der Waals surface area contributed by atoms with Gasteiger partial charge in [0.2, 0.25) is 0 Å². The van der Waals surface area contributed by atoms with Gasteiger partial charge in [0.1, 0.15) is 0 Å². The lowest BCUT2D eigenvalue weighted by atomic mass is 9.98. The second-order valence-corrected chi connectivity index (χ2v) is 11.5. The molecule has 6 rings (SSSR count). The number of H-pyrrole nitrogens is 1. The number of hydrogen-bond acceptors (Lipinski definition) is 7. The number of rotatable bonds is 0. The maximum Gasteiger partial charge on any atom is 0.0782 e. The number of hydrogen-bond donors (Lipinski definition) is 8. The zero-order valence-corrected chi connectivity index (χ0v) is 25.4. The van der Waals surface area contributed by atoms with E-state index in [1.165, 1.54) is 0 Å². The summed E-state index contributed by atoms with van der Waals surface area (Å²) in [5, 5.41) is 32.9.